The molecule has 0 aliphatic heterocycles. The largest absolute Gasteiger partial charge is 0.444 e. The van der Waals surface area contributed by atoms with Crippen molar-refractivity contribution in [1.82, 2.24) is 10.6 Å². The Kier molecular flexibility index (Phi) is 6.40. The molecular weight excluding hydrogens is 347 g/mol. The lowest BCUT2D eigenvalue weighted by Gasteiger charge is -2.31. The van der Waals surface area contributed by atoms with Crippen molar-refractivity contribution in [3.8, 4) is 0 Å². The topological polar surface area (TPSA) is 50.4 Å². The van der Waals surface area contributed by atoms with E-state index in [1.165, 1.54) is 0 Å². The number of amides is 1. The van der Waals surface area contributed by atoms with Gasteiger partial charge in [-0.15, -0.1) is 0 Å². The fraction of sp³-hybridized carbons (Fsp3) is 0.611. The maximum Gasteiger partial charge on any atom is 0.407 e. The number of hydrogen-bond donors (Lipinski definition) is 2. The van der Waals surface area contributed by atoms with Gasteiger partial charge in [0.25, 0.3) is 0 Å². The second-order valence-electron chi connectivity index (χ2n) is 7.41. The van der Waals surface area contributed by atoms with E-state index >= 15 is 0 Å². The number of alkyl carbamates (subject to hydrolysis) is 1. The van der Waals surface area contributed by atoms with E-state index in [0.717, 1.165) is 31.2 Å². The first kappa shape index (κ1) is 19.4. The maximum absolute atomic E-state index is 11.9. The van der Waals surface area contributed by atoms with Crippen molar-refractivity contribution in [2.24, 2.45) is 0 Å². The van der Waals surface area contributed by atoms with Crippen molar-refractivity contribution in [3.05, 3.63) is 33.8 Å². The number of hydrogen-bond acceptors (Lipinski definition) is 3. The summed E-state index contributed by atoms with van der Waals surface area (Å²) in [5.41, 5.74) is 0.352. The van der Waals surface area contributed by atoms with Crippen LogP contribution in [0.5, 0.6) is 0 Å². The van der Waals surface area contributed by atoms with Crippen molar-refractivity contribution >= 4 is 29.3 Å². The van der Waals surface area contributed by atoms with E-state index < -0.39 is 5.60 Å². The highest BCUT2D eigenvalue weighted by Gasteiger charge is 2.34. The van der Waals surface area contributed by atoms with Crippen LogP contribution in [0.2, 0.25) is 10.0 Å². The van der Waals surface area contributed by atoms with Gasteiger partial charge in [0, 0.05) is 18.6 Å². The van der Waals surface area contributed by atoms with Gasteiger partial charge in [-0.25, -0.2) is 4.79 Å². The fourth-order valence-corrected chi connectivity index (χ4v) is 3.38. The number of benzene rings is 1. The summed E-state index contributed by atoms with van der Waals surface area (Å²) in [7, 11) is 0. The summed E-state index contributed by atoms with van der Waals surface area (Å²) < 4.78 is 5.32. The first-order chi connectivity index (χ1) is 11.2. The number of carbonyl (C=O) groups is 1. The first-order valence-electron chi connectivity index (χ1n) is 8.36. The van der Waals surface area contributed by atoms with Crippen LogP contribution in [0, 0.1) is 0 Å². The summed E-state index contributed by atoms with van der Waals surface area (Å²) in [6, 6.07) is 5.64. The van der Waals surface area contributed by atoms with Crippen LogP contribution in [0.4, 0.5) is 4.79 Å². The molecule has 2 N–H and O–H groups in total. The van der Waals surface area contributed by atoms with Crippen LogP contribution in [0.1, 0.15) is 52.0 Å². The summed E-state index contributed by atoms with van der Waals surface area (Å²) in [6.07, 6.45) is 3.94. The third-order valence-corrected chi connectivity index (χ3v) is 5.07. The zero-order valence-electron chi connectivity index (χ0n) is 14.5. The molecule has 0 radical (unpaired) electrons. The molecule has 134 valence electrons. The molecule has 0 unspecified atom stereocenters. The molecule has 1 saturated carbocycles. The molecule has 0 saturated heterocycles. The Balaban J connectivity index is 1.95. The summed E-state index contributed by atoms with van der Waals surface area (Å²) in [5.74, 6) is 0. The Hall–Kier alpha value is -0.970. The van der Waals surface area contributed by atoms with Crippen molar-refractivity contribution in [3.63, 3.8) is 0 Å². The minimum absolute atomic E-state index is 0.122. The molecule has 1 aromatic carbocycles. The van der Waals surface area contributed by atoms with E-state index in [1.54, 1.807) is 6.07 Å². The predicted molar refractivity (Wildman–Crippen MR) is 98.7 cm³/mol. The number of halogens is 2. The molecule has 0 atom stereocenters. The second-order valence-corrected chi connectivity index (χ2v) is 8.19. The van der Waals surface area contributed by atoms with Crippen LogP contribution in [0.25, 0.3) is 0 Å². The van der Waals surface area contributed by atoms with Gasteiger partial charge in [-0.05, 0) is 45.2 Å². The zero-order valence-corrected chi connectivity index (χ0v) is 16.1. The van der Waals surface area contributed by atoms with Crippen molar-refractivity contribution in [1.29, 1.82) is 0 Å². The summed E-state index contributed by atoms with van der Waals surface area (Å²) in [4.78, 5) is 11.9. The third-order valence-electron chi connectivity index (χ3n) is 4.22. The molecule has 1 aliphatic carbocycles. The van der Waals surface area contributed by atoms with Gasteiger partial charge in [-0.2, -0.15) is 0 Å². The Morgan fingerprint density at radius 1 is 1.25 bits per heavy atom. The number of nitrogens with one attached hydrogen (secondary N) is 2. The van der Waals surface area contributed by atoms with E-state index in [0.29, 0.717) is 23.1 Å². The molecule has 24 heavy (non-hydrogen) atoms. The summed E-state index contributed by atoms with van der Waals surface area (Å²) in [5, 5.41) is 7.63. The van der Waals surface area contributed by atoms with Crippen molar-refractivity contribution in [2.45, 2.75) is 64.1 Å². The Bertz CT molecular complexity index is 579. The molecule has 1 amide bonds. The SMILES string of the molecule is CC(C)(C)OC(=O)NCC1(NCc2cccc(Cl)c2Cl)CCCC1. The van der Waals surface area contributed by atoms with Gasteiger partial charge in [-0.1, -0.05) is 48.2 Å². The fourth-order valence-electron chi connectivity index (χ4n) is 2.99. The summed E-state index contributed by atoms with van der Waals surface area (Å²) in [6.45, 7) is 6.74. The molecular formula is C18H26Cl2N2O2. The van der Waals surface area contributed by atoms with E-state index in [2.05, 4.69) is 10.6 Å². The summed E-state index contributed by atoms with van der Waals surface area (Å²) >= 11 is 12.3. The minimum atomic E-state index is -0.491. The van der Waals surface area contributed by atoms with Crippen LogP contribution in [0.3, 0.4) is 0 Å². The van der Waals surface area contributed by atoms with Gasteiger partial charge in [0.1, 0.15) is 5.60 Å². The smallest absolute Gasteiger partial charge is 0.407 e. The van der Waals surface area contributed by atoms with E-state index in [-0.39, 0.29) is 11.6 Å². The lowest BCUT2D eigenvalue weighted by Crippen LogP contribution is -2.52. The zero-order chi connectivity index (χ0) is 17.8. The Morgan fingerprint density at radius 3 is 2.54 bits per heavy atom. The predicted octanol–water partition coefficient (Wildman–Crippen LogP) is 4.92. The van der Waals surface area contributed by atoms with Gasteiger partial charge in [0.05, 0.1) is 10.0 Å². The van der Waals surface area contributed by atoms with Crippen LogP contribution in [0.15, 0.2) is 18.2 Å². The Morgan fingerprint density at radius 2 is 1.92 bits per heavy atom. The van der Waals surface area contributed by atoms with Gasteiger partial charge >= 0.3 is 6.09 Å². The normalized spacial score (nSPS) is 16.9. The molecule has 1 fully saturated rings. The second kappa shape index (κ2) is 7.94. The van der Waals surface area contributed by atoms with Crippen LogP contribution < -0.4 is 10.6 Å². The van der Waals surface area contributed by atoms with Crippen LogP contribution in [-0.2, 0) is 11.3 Å². The molecule has 2 rings (SSSR count). The monoisotopic (exact) mass is 372 g/mol. The number of ether oxygens (including phenoxy) is 1. The van der Waals surface area contributed by atoms with Crippen LogP contribution in [-0.4, -0.2) is 23.8 Å². The van der Waals surface area contributed by atoms with E-state index in [4.69, 9.17) is 27.9 Å². The molecule has 0 spiro atoms. The Labute approximate surface area is 154 Å². The van der Waals surface area contributed by atoms with Gasteiger partial charge in [0.15, 0.2) is 0 Å². The quantitative estimate of drug-likeness (QED) is 0.770. The average Bonchev–Trinajstić information content (AvgIpc) is 2.94. The van der Waals surface area contributed by atoms with Crippen molar-refractivity contribution in [2.75, 3.05) is 6.54 Å². The van der Waals surface area contributed by atoms with Crippen molar-refractivity contribution < 1.29 is 9.53 Å². The third kappa shape index (κ3) is 5.54. The molecule has 1 aliphatic rings. The number of carbonyl (C=O) groups excluding carboxylic acids is 1. The first-order valence-corrected chi connectivity index (χ1v) is 9.11. The molecule has 0 bridgehead atoms. The lowest BCUT2D eigenvalue weighted by molar-refractivity contribution is 0.0509. The highest BCUT2D eigenvalue weighted by molar-refractivity contribution is 6.42. The molecule has 0 aromatic heterocycles. The standard InChI is InChI=1S/C18H26Cl2N2O2/c1-17(2,3)24-16(23)21-12-18(9-4-5-10-18)22-11-13-7-6-8-14(19)15(13)20/h6-8,22H,4-5,9-12H2,1-3H3,(H,21,23). The lowest BCUT2D eigenvalue weighted by atomic mass is 9.97. The van der Waals surface area contributed by atoms with E-state index in [9.17, 15) is 4.79 Å². The number of rotatable bonds is 5. The van der Waals surface area contributed by atoms with Crippen LogP contribution >= 0.6 is 23.2 Å². The molecule has 1 aromatic rings. The maximum atomic E-state index is 11.9. The minimum Gasteiger partial charge on any atom is -0.444 e. The highest BCUT2D eigenvalue weighted by Crippen LogP contribution is 2.31. The molecule has 4 nitrogen and oxygen atoms in total. The van der Waals surface area contributed by atoms with Gasteiger partial charge in [-0.3, -0.25) is 0 Å². The van der Waals surface area contributed by atoms with Gasteiger partial charge < -0.3 is 15.4 Å². The van der Waals surface area contributed by atoms with E-state index in [1.807, 2.05) is 32.9 Å². The molecule has 0 heterocycles. The highest BCUT2D eigenvalue weighted by atomic mass is 35.5. The van der Waals surface area contributed by atoms with Gasteiger partial charge in [0.2, 0.25) is 0 Å². The molecule has 6 heteroatoms. The average molecular weight is 373 g/mol.